The summed E-state index contributed by atoms with van der Waals surface area (Å²) in [6, 6.07) is 2.62. The van der Waals surface area contributed by atoms with Crippen LogP contribution in [0.1, 0.15) is 39.5 Å². The SMILES string of the molecule is CCCOC1(ON)CCC[SiH]1CCC. The van der Waals surface area contributed by atoms with E-state index < -0.39 is 8.80 Å². The van der Waals surface area contributed by atoms with Crippen LogP contribution in [-0.4, -0.2) is 20.8 Å². The number of nitrogens with two attached hydrogens (primary N) is 1. The van der Waals surface area contributed by atoms with Crippen molar-refractivity contribution in [2.45, 2.75) is 57.0 Å². The molecule has 1 rings (SSSR count). The topological polar surface area (TPSA) is 44.5 Å². The highest BCUT2D eigenvalue weighted by Gasteiger charge is 2.45. The van der Waals surface area contributed by atoms with Crippen molar-refractivity contribution in [1.82, 2.24) is 0 Å². The fourth-order valence-corrected chi connectivity index (χ4v) is 6.11. The molecule has 0 spiro atoms. The van der Waals surface area contributed by atoms with E-state index in [1.807, 2.05) is 0 Å². The third kappa shape index (κ3) is 2.57. The highest BCUT2D eigenvalue weighted by molar-refractivity contribution is 6.62. The van der Waals surface area contributed by atoms with Crippen molar-refractivity contribution < 1.29 is 9.57 Å². The lowest BCUT2D eigenvalue weighted by Crippen LogP contribution is -2.48. The quantitative estimate of drug-likeness (QED) is 0.420. The van der Waals surface area contributed by atoms with E-state index in [4.69, 9.17) is 15.5 Å². The van der Waals surface area contributed by atoms with Crippen molar-refractivity contribution in [2.24, 2.45) is 5.90 Å². The van der Waals surface area contributed by atoms with Crippen molar-refractivity contribution in [3.63, 3.8) is 0 Å². The molecule has 2 N–H and O–H groups in total. The van der Waals surface area contributed by atoms with Gasteiger partial charge in [-0.05, 0) is 12.8 Å². The molecule has 0 amide bonds. The van der Waals surface area contributed by atoms with Crippen molar-refractivity contribution in [3.05, 3.63) is 0 Å². The first kappa shape index (κ1) is 12.2. The summed E-state index contributed by atoms with van der Waals surface area (Å²) in [5.41, 5.74) is -0.327. The monoisotopic (exact) mass is 217 g/mol. The fourth-order valence-electron chi connectivity index (χ4n) is 2.39. The number of hydrogen-bond donors (Lipinski definition) is 1. The largest absolute Gasteiger partial charge is 0.352 e. The minimum atomic E-state index is -0.933. The summed E-state index contributed by atoms with van der Waals surface area (Å²) in [6.07, 6.45) is 4.52. The molecule has 1 saturated heterocycles. The fraction of sp³-hybridized carbons (Fsp3) is 1.00. The molecule has 0 aliphatic carbocycles. The molecule has 3 nitrogen and oxygen atoms in total. The molecule has 1 aliphatic heterocycles. The first-order valence-electron chi connectivity index (χ1n) is 5.81. The van der Waals surface area contributed by atoms with E-state index in [1.54, 1.807) is 0 Å². The maximum Gasteiger partial charge on any atom is 0.167 e. The van der Waals surface area contributed by atoms with E-state index in [0.29, 0.717) is 0 Å². The molecule has 4 heteroatoms. The third-order valence-corrected chi connectivity index (χ3v) is 7.30. The van der Waals surface area contributed by atoms with Crippen LogP contribution >= 0.6 is 0 Å². The molecule has 0 aromatic carbocycles. The summed E-state index contributed by atoms with van der Waals surface area (Å²) in [7, 11) is -0.933. The number of hydrogen-bond acceptors (Lipinski definition) is 3. The second-order valence-corrected chi connectivity index (χ2v) is 7.58. The molecule has 2 unspecified atom stereocenters. The van der Waals surface area contributed by atoms with Gasteiger partial charge in [-0.2, -0.15) is 0 Å². The van der Waals surface area contributed by atoms with Gasteiger partial charge >= 0.3 is 0 Å². The Morgan fingerprint density at radius 2 is 2.14 bits per heavy atom. The second kappa shape index (κ2) is 5.85. The van der Waals surface area contributed by atoms with Crippen LogP contribution < -0.4 is 5.90 Å². The standard InChI is InChI=1S/C10H23NO2Si/c1-3-7-12-10(13-11)6-5-9-14(10)8-4-2/h14H,3-9,11H2,1-2H3. The van der Waals surface area contributed by atoms with E-state index in [1.165, 1.54) is 24.9 Å². The first-order valence-corrected chi connectivity index (χ1v) is 8.02. The van der Waals surface area contributed by atoms with Gasteiger partial charge in [-0.1, -0.05) is 38.8 Å². The van der Waals surface area contributed by atoms with Gasteiger partial charge in [-0.15, -0.1) is 0 Å². The van der Waals surface area contributed by atoms with Gasteiger partial charge in [0.25, 0.3) is 0 Å². The van der Waals surface area contributed by atoms with Gasteiger partial charge in [0.15, 0.2) is 5.41 Å². The molecule has 2 atom stereocenters. The molecule has 0 bridgehead atoms. The molecule has 1 fully saturated rings. The van der Waals surface area contributed by atoms with E-state index >= 15 is 0 Å². The van der Waals surface area contributed by atoms with Crippen LogP contribution in [0.15, 0.2) is 0 Å². The van der Waals surface area contributed by atoms with Gasteiger partial charge in [-0.3, -0.25) is 4.84 Å². The zero-order valence-corrected chi connectivity index (χ0v) is 10.6. The highest BCUT2D eigenvalue weighted by atomic mass is 28.3. The predicted molar refractivity (Wildman–Crippen MR) is 60.5 cm³/mol. The smallest absolute Gasteiger partial charge is 0.167 e. The maximum atomic E-state index is 5.87. The normalized spacial score (nSPS) is 32.4. The molecule has 0 saturated carbocycles. The lowest BCUT2D eigenvalue weighted by atomic mass is 10.3. The average Bonchev–Trinajstić information content (AvgIpc) is 2.60. The lowest BCUT2D eigenvalue weighted by molar-refractivity contribution is -0.185. The van der Waals surface area contributed by atoms with Gasteiger partial charge in [-0.25, -0.2) is 5.90 Å². The minimum Gasteiger partial charge on any atom is -0.352 e. The zero-order chi connectivity index (χ0) is 10.4. The number of rotatable bonds is 6. The average molecular weight is 217 g/mol. The summed E-state index contributed by atoms with van der Waals surface area (Å²) >= 11 is 0. The first-order chi connectivity index (χ1) is 6.79. The van der Waals surface area contributed by atoms with Gasteiger partial charge in [0.1, 0.15) is 8.80 Å². The van der Waals surface area contributed by atoms with Gasteiger partial charge in [0.2, 0.25) is 0 Å². The van der Waals surface area contributed by atoms with Gasteiger partial charge < -0.3 is 4.74 Å². The number of ether oxygens (including phenoxy) is 1. The van der Waals surface area contributed by atoms with Gasteiger partial charge in [0, 0.05) is 6.61 Å². The van der Waals surface area contributed by atoms with Crippen molar-refractivity contribution >= 4 is 8.80 Å². The molecular formula is C10H23NO2Si. The molecule has 0 aromatic heterocycles. The Kier molecular flexibility index (Phi) is 5.09. The Bertz CT molecular complexity index is 168. The molecule has 1 heterocycles. The summed E-state index contributed by atoms with van der Waals surface area (Å²) in [5.74, 6) is 5.44. The summed E-state index contributed by atoms with van der Waals surface area (Å²) in [5, 5.41) is 0. The maximum absolute atomic E-state index is 5.87. The Balaban J connectivity index is 2.55. The van der Waals surface area contributed by atoms with E-state index in [2.05, 4.69) is 13.8 Å². The second-order valence-electron chi connectivity index (χ2n) is 4.16. The Morgan fingerprint density at radius 3 is 2.71 bits per heavy atom. The van der Waals surface area contributed by atoms with Crippen molar-refractivity contribution in [3.8, 4) is 0 Å². The van der Waals surface area contributed by atoms with E-state index in [0.717, 1.165) is 19.4 Å². The minimum absolute atomic E-state index is 0.327. The Hall–Kier alpha value is 0.0969. The summed E-state index contributed by atoms with van der Waals surface area (Å²) < 4.78 is 5.87. The molecule has 14 heavy (non-hydrogen) atoms. The Morgan fingerprint density at radius 1 is 1.36 bits per heavy atom. The van der Waals surface area contributed by atoms with Gasteiger partial charge in [0.05, 0.1) is 0 Å². The highest BCUT2D eigenvalue weighted by Crippen LogP contribution is 2.35. The van der Waals surface area contributed by atoms with E-state index in [-0.39, 0.29) is 5.41 Å². The van der Waals surface area contributed by atoms with Crippen LogP contribution in [0.2, 0.25) is 12.1 Å². The van der Waals surface area contributed by atoms with Crippen molar-refractivity contribution in [2.75, 3.05) is 6.61 Å². The third-order valence-electron chi connectivity index (χ3n) is 3.09. The van der Waals surface area contributed by atoms with E-state index in [9.17, 15) is 0 Å². The molecule has 84 valence electrons. The molecule has 0 radical (unpaired) electrons. The van der Waals surface area contributed by atoms with Crippen LogP contribution in [0.4, 0.5) is 0 Å². The lowest BCUT2D eigenvalue weighted by Gasteiger charge is -2.32. The van der Waals surface area contributed by atoms with Crippen LogP contribution in [0.25, 0.3) is 0 Å². The van der Waals surface area contributed by atoms with Crippen LogP contribution in [0.5, 0.6) is 0 Å². The van der Waals surface area contributed by atoms with Crippen LogP contribution in [-0.2, 0) is 9.57 Å². The van der Waals surface area contributed by atoms with Crippen molar-refractivity contribution in [1.29, 1.82) is 0 Å². The molecular weight excluding hydrogens is 194 g/mol. The zero-order valence-electron chi connectivity index (χ0n) is 9.42. The van der Waals surface area contributed by atoms with Crippen LogP contribution in [0.3, 0.4) is 0 Å². The molecule has 0 aromatic rings. The Labute approximate surface area is 88.5 Å². The van der Waals surface area contributed by atoms with Crippen LogP contribution in [0, 0.1) is 0 Å². The molecule has 1 aliphatic rings. The predicted octanol–water partition coefficient (Wildman–Crippen LogP) is 1.97. The summed E-state index contributed by atoms with van der Waals surface area (Å²) in [6.45, 7) is 5.13. The summed E-state index contributed by atoms with van der Waals surface area (Å²) in [4.78, 5) is 5.21.